The molecule has 0 radical (unpaired) electrons. The summed E-state index contributed by atoms with van der Waals surface area (Å²) in [6, 6.07) is 11.4. The second-order valence-corrected chi connectivity index (χ2v) is 8.79. The lowest BCUT2D eigenvalue weighted by molar-refractivity contribution is -0.384. The van der Waals surface area contributed by atoms with Crippen molar-refractivity contribution in [2.75, 3.05) is 5.75 Å². The van der Waals surface area contributed by atoms with Gasteiger partial charge in [0.25, 0.3) is 5.69 Å². The van der Waals surface area contributed by atoms with E-state index in [1.54, 1.807) is 29.2 Å². The number of nitro groups is 1. The van der Waals surface area contributed by atoms with E-state index in [4.69, 9.17) is 0 Å². The number of nitrogens with zero attached hydrogens (tertiary/aromatic N) is 2. The van der Waals surface area contributed by atoms with Crippen LogP contribution in [-0.4, -0.2) is 39.5 Å². The molecule has 2 atom stereocenters. The Morgan fingerprint density at radius 2 is 1.67 bits per heavy atom. The van der Waals surface area contributed by atoms with E-state index in [-0.39, 0.29) is 41.7 Å². The molecule has 0 saturated carbocycles. The Kier molecular flexibility index (Phi) is 10.3. The Bertz CT molecular complexity index is 938. The molecule has 7 nitrogen and oxygen atoms in total. The molecule has 0 fully saturated rings. The molecule has 2 rings (SSSR count). The minimum atomic E-state index is -0.642. The summed E-state index contributed by atoms with van der Waals surface area (Å²) in [5.74, 6) is -0.119. The monoisotopic (exact) mass is 475 g/mol. The van der Waals surface area contributed by atoms with E-state index in [1.165, 1.54) is 36.0 Å². The average Bonchev–Trinajstić information content (AvgIpc) is 2.80. The van der Waals surface area contributed by atoms with E-state index in [0.717, 1.165) is 17.5 Å². The van der Waals surface area contributed by atoms with Crippen molar-refractivity contribution >= 4 is 29.3 Å². The van der Waals surface area contributed by atoms with Crippen molar-refractivity contribution in [1.82, 2.24) is 10.2 Å². The average molecular weight is 476 g/mol. The Hall–Kier alpha value is -2.94. The number of nitrogens with one attached hydrogen (secondary N) is 1. The molecule has 0 aromatic heterocycles. The highest BCUT2D eigenvalue weighted by atomic mass is 32.2. The normalized spacial score (nSPS) is 12.6. The van der Waals surface area contributed by atoms with Crippen LogP contribution in [-0.2, 0) is 21.9 Å². The third-order valence-electron chi connectivity index (χ3n) is 5.29. The van der Waals surface area contributed by atoms with Crippen LogP contribution in [0.2, 0.25) is 0 Å². The molecule has 0 aliphatic heterocycles. The number of hydrogen-bond acceptors (Lipinski definition) is 5. The van der Waals surface area contributed by atoms with Gasteiger partial charge in [0, 0.05) is 30.5 Å². The number of rotatable bonds is 12. The number of non-ortho nitro benzene ring substituents is 1. The largest absolute Gasteiger partial charge is 0.352 e. The van der Waals surface area contributed by atoms with Crippen LogP contribution >= 0.6 is 11.8 Å². The minimum Gasteiger partial charge on any atom is -0.352 e. The molecule has 2 amide bonds. The Morgan fingerprint density at radius 1 is 1.06 bits per heavy atom. The van der Waals surface area contributed by atoms with Crippen LogP contribution in [0, 0.1) is 15.9 Å². The van der Waals surface area contributed by atoms with Gasteiger partial charge in [0.15, 0.2) is 0 Å². The van der Waals surface area contributed by atoms with Crippen LogP contribution in [0.25, 0.3) is 0 Å². The molecular weight excluding hydrogens is 445 g/mol. The smallest absolute Gasteiger partial charge is 0.269 e. The first-order chi connectivity index (χ1) is 15.7. The fourth-order valence-electron chi connectivity index (χ4n) is 3.20. The fourth-order valence-corrected chi connectivity index (χ4v) is 4.07. The fraction of sp³-hybridized carbons (Fsp3) is 0.417. The molecule has 0 aliphatic carbocycles. The summed E-state index contributed by atoms with van der Waals surface area (Å²) in [7, 11) is 0. The maximum atomic E-state index is 13.3. The zero-order valence-electron chi connectivity index (χ0n) is 19.1. The zero-order valence-corrected chi connectivity index (χ0v) is 19.9. The lowest BCUT2D eigenvalue weighted by atomic mass is 10.1. The summed E-state index contributed by atoms with van der Waals surface area (Å²) in [6.45, 7) is 5.94. The number of thioether (sulfide) groups is 1. The van der Waals surface area contributed by atoms with Crippen LogP contribution in [0.4, 0.5) is 10.1 Å². The quantitative estimate of drug-likeness (QED) is 0.355. The van der Waals surface area contributed by atoms with Gasteiger partial charge in [0.1, 0.15) is 11.9 Å². The molecule has 0 saturated heterocycles. The SMILES string of the molecule is CC[C@H](C(=O)N[C@@H](C)CC)N(Cc1ccc(F)cc1)C(=O)CSCc1ccc([N+](=O)[O-])cc1. The van der Waals surface area contributed by atoms with Crippen LogP contribution in [0.5, 0.6) is 0 Å². The second-order valence-electron chi connectivity index (χ2n) is 7.81. The molecule has 0 bridgehead atoms. The summed E-state index contributed by atoms with van der Waals surface area (Å²) < 4.78 is 13.3. The molecule has 0 heterocycles. The summed E-state index contributed by atoms with van der Waals surface area (Å²) in [5.41, 5.74) is 1.62. The Morgan fingerprint density at radius 3 is 2.21 bits per heavy atom. The van der Waals surface area contributed by atoms with Gasteiger partial charge in [-0.2, -0.15) is 0 Å². The molecule has 9 heteroatoms. The predicted molar refractivity (Wildman–Crippen MR) is 128 cm³/mol. The van der Waals surface area contributed by atoms with Crippen LogP contribution in [0.1, 0.15) is 44.7 Å². The number of carbonyl (C=O) groups is 2. The van der Waals surface area contributed by atoms with E-state index in [0.29, 0.717) is 12.2 Å². The summed E-state index contributed by atoms with van der Waals surface area (Å²) >= 11 is 1.38. The molecule has 178 valence electrons. The predicted octanol–water partition coefficient (Wildman–Crippen LogP) is 4.69. The third-order valence-corrected chi connectivity index (χ3v) is 6.28. The molecule has 2 aromatic rings. The van der Waals surface area contributed by atoms with E-state index in [1.807, 2.05) is 20.8 Å². The molecule has 1 N–H and O–H groups in total. The number of benzene rings is 2. The van der Waals surface area contributed by atoms with Gasteiger partial charge in [-0.1, -0.05) is 38.1 Å². The van der Waals surface area contributed by atoms with Gasteiger partial charge < -0.3 is 10.2 Å². The van der Waals surface area contributed by atoms with E-state index in [2.05, 4.69) is 5.32 Å². The number of halogens is 1. The van der Waals surface area contributed by atoms with Crippen molar-refractivity contribution in [3.8, 4) is 0 Å². The standard InChI is InChI=1S/C24H30FN3O4S/c1-4-17(3)26-24(30)22(5-2)27(14-18-6-10-20(25)11-7-18)23(29)16-33-15-19-8-12-21(13-9-19)28(31)32/h6-13,17,22H,4-5,14-16H2,1-3H3,(H,26,30)/t17-,22+/m0/s1. The van der Waals surface area contributed by atoms with Gasteiger partial charge in [-0.05, 0) is 43.0 Å². The van der Waals surface area contributed by atoms with Gasteiger partial charge in [-0.25, -0.2) is 4.39 Å². The molecule has 0 spiro atoms. The van der Waals surface area contributed by atoms with Crippen molar-refractivity contribution in [2.24, 2.45) is 0 Å². The maximum absolute atomic E-state index is 13.3. The summed E-state index contributed by atoms with van der Waals surface area (Å²) in [5, 5.41) is 13.7. The Labute approximate surface area is 197 Å². The highest BCUT2D eigenvalue weighted by Gasteiger charge is 2.29. The van der Waals surface area contributed by atoms with Gasteiger partial charge >= 0.3 is 0 Å². The van der Waals surface area contributed by atoms with Crippen LogP contribution < -0.4 is 5.32 Å². The summed E-state index contributed by atoms with van der Waals surface area (Å²) in [6.07, 6.45) is 1.22. The van der Waals surface area contributed by atoms with Gasteiger partial charge in [-0.15, -0.1) is 11.8 Å². The molecular formula is C24H30FN3O4S. The lowest BCUT2D eigenvalue weighted by Gasteiger charge is -2.31. The van der Waals surface area contributed by atoms with Gasteiger partial charge in [0.05, 0.1) is 10.7 Å². The first kappa shape index (κ1) is 26.3. The van der Waals surface area contributed by atoms with E-state index >= 15 is 0 Å². The molecule has 0 aliphatic rings. The zero-order chi connectivity index (χ0) is 24.4. The first-order valence-electron chi connectivity index (χ1n) is 10.9. The third kappa shape index (κ3) is 8.16. The van der Waals surface area contributed by atoms with Crippen LogP contribution in [0.15, 0.2) is 48.5 Å². The van der Waals surface area contributed by atoms with Crippen molar-refractivity contribution in [1.29, 1.82) is 0 Å². The Balaban J connectivity index is 2.11. The van der Waals surface area contributed by atoms with Crippen molar-refractivity contribution in [2.45, 2.75) is 58.0 Å². The molecule has 33 heavy (non-hydrogen) atoms. The van der Waals surface area contributed by atoms with Crippen LogP contribution in [0.3, 0.4) is 0 Å². The van der Waals surface area contributed by atoms with E-state index < -0.39 is 11.0 Å². The highest BCUT2D eigenvalue weighted by Crippen LogP contribution is 2.19. The van der Waals surface area contributed by atoms with Crippen molar-refractivity contribution in [3.05, 3.63) is 75.6 Å². The van der Waals surface area contributed by atoms with E-state index in [9.17, 15) is 24.1 Å². The lowest BCUT2D eigenvalue weighted by Crippen LogP contribution is -2.51. The number of hydrogen-bond donors (Lipinski definition) is 1. The minimum absolute atomic E-state index is 0.00849. The second kappa shape index (κ2) is 12.9. The summed E-state index contributed by atoms with van der Waals surface area (Å²) in [4.78, 5) is 37.9. The topological polar surface area (TPSA) is 92.6 Å². The highest BCUT2D eigenvalue weighted by molar-refractivity contribution is 7.99. The van der Waals surface area contributed by atoms with Crippen molar-refractivity contribution < 1.29 is 18.9 Å². The molecule has 0 unspecified atom stereocenters. The van der Waals surface area contributed by atoms with Gasteiger partial charge in [0.2, 0.25) is 11.8 Å². The van der Waals surface area contributed by atoms with Gasteiger partial charge in [-0.3, -0.25) is 19.7 Å². The van der Waals surface area contributed by atoms with Crippen molar-refractivity contribution in [3.63, 3.8) is 0 Å². The molecule has 2 aromatic carbocycles. The number of nitro benzene ring substituents is 1. The first-order valence-corrected chi connectivity index (χ1v) is 12.1. The number of carbonyl (C=O) groups excluding carboxylic acids is 2. The number of amides is 2. The maximum Gasteiger partial charge on any atom is 0.269 e.